The first kappa shape index (κ1) is 15.9. The fraction of sp³-hybridized carbons (Fsp3) is 0.438. The molecule has 2 aromatic rings. The molecule has 3 N–H and O–H groups in total. The zero-order valence-electron chi connectivity index (χ0n) is 12.1. The van der Waals surface area contributed by atoms with Crippen molar-refractivity contribution in [3.63, 3.8) is 0 Å². The SMILES string of the molecule is O=C(CCc1c[nH]c2ccccc12)NCCSCCCO. The zero-order chi connectivity index (χ0) is 14.9. The van der Waals surface area contributed by atoms with Gasteiger partial charge in [-0.25, -0.2) is 0 Å². The van der Waals surface area contributed by atoms with Crippen LogP contribution in [0.3, 0.4) is 0 Å². The topological polar surface area (TPSA) is 65.1 Å². The van der Waals surface area contributed by atoms with Gasteiger partial charge in [-0.2, -0.15) is 11.8 Å². The van der Waals surface area contributed by atoms with Gasteiger partial charge in [0.2, 0.25) is 5.91 Å². The lowest BCUT2D eigenvalue weighted by Crippen LogP contribution is -2.26. The number of carbonyl (C=O) groups excluding carboxylic acids is 1. The Kier molecular flexibility index (Phi) is 6.63. The Morgan fingerprint density at radius 2 is 2.14 bits per heavy atom. The molecule has 114 valence electrons. The summed E-state index contributed by atoms with van der Waals surface area (Å²) in [6.45, 7) is 0.937. The minimum absolute atomic E-state index is 0.100. The molecule has 1 amide bonds. The van der Waals surface area contributed by atoms with Crippen molar-refractivity contribution in [1.29, 1.82) is 0 Å². The van der Waals surface area contributed by atoms with Crippen molar-refractivity contribution in [2.45, 2.75) is 19.3 Å². The Hall–Kier alpha value is -1.46. The number of hydrogen-bond donors (Lipinski definition) is 3. The van der Waals surface area contributed by atoms with Crippen LogP contribution in [0.25, 0.3) is 10.9 Å². The molecule has 0 saturated carbocycles. The van der Waals surface area contributed by atoms with E-state index in [9.17, 15) is 4.79 Å². The van der Waals surface area contributed by atoms with E-state index in [1.165, 1.54) is 10.9 Å². The van der Waals surface area contributed by atoms with E-state index in [-0.39, 0.29) is 12.5 Å². The van der Waals surface area contributed by atoms with E-state index >= 15 is 0 Å². The molecule has 21 heavy (non-hydrogen) atoms. The molecule has 0 fully saturated rings. The number of fused-ring (bicyclic) bond motifs is 1. The van der Waals surface area contributed by atoms with Gasteiger partial charge in [0.25, 0.3) is 0 Å². The van der Waals surface area contributed by atoms with Crippen LogP contribution in [0.5, 0.6) is 0 Å². The molecule has 1 aromatic carbocycles. The van der Waals surface area contributed by atoms with E-state index in [2.05, 4.69) is 16.4 Å². The summed E-state index contributed by atoms with van der Waals surface area (Å²) in [7, 11) is 0. The van der Waals surface area contributed by atoms with Gasteiger partial charge in [0, 0.05) is 42.4 Å². The number of para-hydroxylation sites is 1. The molecule has 0 atom stereocenters. The van der Waals surface area contributed by atoms with E-state index in [4.69, 9.17) is 5.11 Å². The lowest BCUT2D eigenvalue weighted by atomic mass is 10.1. The number of nitrogens with one attached hydrogen (secondary N) is 2. The van der Waals surface area contributed by atoms with Crippen LogP contribution < -0.4 is 5.32 Å². The molecule has 1 aromatic heterocycles. The lowest BCUT2D eigenvalue weighted by Gasteiger charge is -2.05. The number of benzene rings is 1. The minimum atomic E-state index is 0.100. The number of rotatable bonds is 9. The number of amides is 1. The molecule has 0 radical (unpaired) electrons. The summed E-state index contributed by atoms with van der Waals surface area (Å²) in [4.78, 5) is 15.0. The Balaban J connectivity index is 1.67. The van der Waals surface area contributed by atoms with Gasteiger partial charge >= 0.3 is 0 Å². The first-order chi connectivity index (χ1) is 10.3. The van der Waals surface area contributed by atoms with Crippen molar-refractivity contribution in [2.24, 2.45) is 0 Å². The average molecular weight is 306 g/mol. The second-order valence-electron chi connectivity index (χ2n) is 4.90. The molecular formula is C16H22N2O2S. The summed E-state index contributed by atoms with van der Waals surface area (Å²) in [6, 6.07) is 8.15. The highest BCUT2D eigenvalue weighted by molar-refractivity contribution is 7.99. The van der Waals surface area contributed by atoms with Gasteiger partial charge in [0.15, 0.2) is 0 Å². The average Bonchev–Trinajstić information content (AvgIpc) is 2.92. The smallest absolute Gasteiger partial charge is 0.220 e. The predicted molar refractivity (Wildman–Crippen MR) is 88.7 cm³/mol. The number of H-pyrrole nitrogens is 1. The second kappa shape index (κ2) is 8.74. The van der Waals surface area contributed by atoms with Gasteiger partial charge in [0.1, 0.15) is 0 Å². The number of aromatic amines is 1. The van der Waals surface area contributed by atoms with E-state index < -0.39 is 0 Å². The van der Waals surface area contributed by atoms with Crippen LogP contribution in [-0.4, -0.2) is 40.7 Å². The third-order valence-electron chi connectivity index (χ3n) is 3.31. The van der Waals surface area contributed by atoms with Crippen LogP contribution in [0, 0.1) is 0 Å². The van der Waals surface area contributed by atoms with Gasteiger partial charge in [0.05, 0.1) is 0 Å². The molecule has 0 aliphatic heterocycles. The lowest BCUT2D eigenvalue weighted by molar-refractivity contribution is -0.120. The minimum Gasteiger partial charge on any atom is -0.396 e. The molecule has 0 saturated heterocycles. The number of aromatic nitrogens is 1. The molecule has 0 aliphatic rings. The summed E-state index contributed by atoms with van der Waals surface area (Å²) in [6.07, 6.45) is 4.08. The van der Waals surface area contributed by atoms with Gasteiger partial charge in [-0.15, -0.1) is 0 Å². The Labute approximate surface area is 129 Å². The summed E-state index contributed by atoms with van der Waals surface area (Å²) in [5.41, 5.74) is 2.31. The van der Waals surface area contributed by atoms with E-state index in [0.717, 1.165) is 29.9 Å². The zero-order valence-corrected chi connectivity index (χ0v) is 12.9. The van der Waals surface area contributed by atoms with Crippen molar-refractivity contribution in [3.05, 3.63) is 36.0 Å². The predicted octanol–water partition coefficient (Wildman–Crippen LogP) is 2.33. The maximum atomic E-state index is 11.8. The van der Waals surface area contributed by atoms with Crippen molar-refractivity contribution < 1.29 is 9.90 Å². The molecular weight excluding hydrogens is 284 g/mol. The maximum absolute atomic E-state index is 11.8. The molecule has 0 aliphatic carbocycles. The number of aliphatic hydroxyl groups is 1. The van der Waals surface area contributed by atoms with Crippen molar-refractivity contribution >= 4 is 28.6 Å². The first-order valence-electron chi connectivity index (χ1n) is 7.31. The highest BCUT2D eigenvalue weighted by atomic mass is 32.2. The molecule has 1 heterocycles. The van der Waals surface area contributed by atoms with Crippen molar-refractivity contribution in [3.8, 4) is 0 Å². The monoisotopic (exact) mass is 306 g/mol. The van der Waals surface area contributed by atoms with Crippen LogP contribution >= 0.6 is 11.8 Å². The standard InChI is InChI=1S/C16H22N2O2S/c19-9-3-10-21-11-8-17-16(20)7-6-13-12-18-15-5-2-1-4-14(13)15/h1-2,4-5,12,18-19H,3,6-11H2,(H,17,20). The fourth-order valence-electron chi connectivity index (χ4n) is 2.21. The molecule has 0 bridgehead atoms. The molecule has 4 nitrogen and oxygen atoms in total. The third-order valence-corrected chi connectivity index (χ3v) is 4.38. The highest BCUT2D eigenvalue weighted by Gasteiger charge is 2.06. The number of hydrogen-bond acceptors (Lipinski definition) is 3. The van der Waals surface area contributed by atoms with Crippen LogP contribution in [0.15, 0.2) is 30.5 Å². The fourth-order valence-corrected chi connectivity index (χ4v) is 2.99. The Morgan fingerprint density at radius 3 is 3.00 bits per heavy atom. The van der Waals surface area contributed by atoms with Crippen molar-refractivity contribution in [1.82, 2.24) is 10.3 Å². The summed E-state index contributed by atoms with van der Waals surface area (Å²) < 4.78 is 0. The maximum Gasteiger partial charge on any atom is 0.220 e. The largest absolute Gasteiger partial charge is 0.396 e. The Bertz CT molecular complexity index is 568. The van der Waals surface area contributed by atoms with Crippen LogP contribution in [-0.2, 0) is 11.2 Å². The van der Waals surface area contributed by atoms with Crippen LogP contribution in [0.2, 0.25) is 0 Å². The van der Waals surface area contributed by atoms with E-state index in [1.54, 1.807) is 11.8 Å². The summed E-state index contributed by atoms with van der Waals surface area (Å²) in [5, 5.41) is 12.8. The van der Waals surface area contributed by atoms with E-state index in [0.29, 0.717) is 13.0 Å². The summed E-state index contributed by atoms with van der Waals surface area (Å²) in [5.74, 6) is 1.95. The van der Waals surface area contributed by atoms with Gasteiger partial charge in [-0.1, -0.05) is 18.2 Å². The Morgan fingerprint density at radius 1 is 1.29 bits per heavy atom. The second-order valence-corrected chi connectivity index (χ2v) is 6.12. The number of thioether (sulfide) groups is 1. The summed E-state index contributed by atoms with van der Waals surface area (Å²) >= 11 is 1.76. The third kappa shape index (κ3) is 5.10. The highest BCUT2D eigenvalue weighted by Crippen LogP contribution is 2.18. The number of carbonyl (C=O) groups is 1. The first-order valence-corrected chi connectivity index (χ1v) is 8.47. The molecule has 0 spiro atoms. The quantitative estimate of drug-likeness (QED) is 0.623. The van der Waals surface area contributed by atoms with Crippen LogP contribution in [0.1, 0.15) is 18.4 Å². The molecule has 2 rings (SSSR count). The molecule has 0 unspecified atom stereocenters. The van der Waals surface area contributed by atoms with Gasteiger partial charge in [-0.05, 0) is 30.2 Å². The number of aryl methyl sites for hydroxylation is 1. The molecule has 5 heteroatoms. The van der Waals surface area contributed by atoms with E-state index in [1.807, 2.05) is 24.4 Å². The number of aliphatic hydroxyl groups excluding tert-OH is 1. The van der Waals surface area contributed by atoms with Gasteiger partial charge in [-0.3, -0.25) is 4.79 Å². The van der Waals surface area contributed by atoms with Gasteiger partial charge < -0.3 is 15.4 Å². The van der Waals surface area contributed by atoms with Crippen LogP contribution in [0.4, 0.5) is 0 Å². The van der Waals surface area contributed by atoms with Crippen molar-refractivity contribution in [2.75, 3.05) is 24.7 Å². The normalized spacial score (nSPS) is 10.9.